The maximum atomic E-state index is 6.31. The Bertz CT molecular complexity index is 32.6. The fourth-order valence-corrected chi connectivity index (χ4v) is 0. The van der Waals surface area contributed by atoms with Gasteiger partial charge in [-0.25, -0.2) is 0 Å². The zero-order chi connectivity index (χ0) is 3.58. The van der Waals surface area contributed by atoms with E-state index in [0.717, 1.165) is 0 Å². The molecule has 0 fully saturated rings. The largest absolute Gasteiger partial charge is 0.693 e. The van der Waals surface area contributed by atoms with Gasteiger partial charge in [-0.3, -0.25) is 0 Å². The van der Waals surface area contributed by atoms with E-state index in [0.29, 0.717) is 0 Å². The van der Waals surface area contributed by atoms with Crippen LogP contribution in [-0.2, 0) is 32.7 Å². The molecule has 0 heterocycles. The first-order valence-electron chi connectivity index (χ1n) is 0.954. The molecule has 0 aliphatic carbocycles. The molecule has 3 heteroatoms. The molecule has 0 aromatic heterocycles. The second-order valence-corrected chi connectivity index (χ2v) is 1.17. The predicted octanol–water partition coefficient (Wildman–Crippen LogP) is 1.38. The number of thiocarbonyl (C=S) groups is 1. The van der Waals surface area contributed by atoms with Crippen LogP contribution >= 0.6 is 12.2 Å². The average molecular weight is 163 g/mol. The van der Waals surface area contributed by atoms with Crippen molar-refractivity contribution in [1.29, 1.82) is 0 Å². The van der Waals surface area contributed by atoms with Gasteiger partial charge >= 0.3 is 0 Å². The number of hydrogen-bond acceptors (Lipinski definition) is 1. The zero-order valence-electron chi connectivity index (χ0n) is 2.99. The SMILES string of the molecule is CC([NH-])=S.[Y]. The van der Waals surface area contributed by atoms with Crippen molar-refractivity contribution in [3.8, 4) is 0 Å². The molecule has 0 unspecified atom stereocenters. The normalized spacial score (nSPS) is 5.00. The quantitative estimate of drug-likeness (QED) is 0.495. The minimum absolute atomic E-state index is 0. The van der Waals surface area contributed by atoms with Crippen molar-refractivity contribution in [2.24, 2.45) is 0 Å². The van der Waals surface area contributed by atoms with Crippen LogP contribution in [0.3, 0.4) is 0 Å². The standard InChI is InChI=1S/C2H5NS.Y/c1-2(3)4;/h1H3,(H2,3,4);/p-1. The van der Waals surface area contributed by atoms with Crippen LogP contribution in [0.25, 0.3) is 5.73 Å². The molecule has 0 aliphatic rings. The summed E-state index contributed by atoms with van der Waals surface area (Å²) in [7, 11) is 0. The molecule has 27 valence electrons. The van der Waals surface area contributed by atoms with Gasteiger partial charge in [0.25, 0.3) is 0 Å². The molecule has 0 aromatic rings. The monoisotopic (exact) mass is 163 g/mol. The summed E-state index contributed by atoms with van der Waals surface area (Å²) in [6.07, 6.45) is 0. The summed E-state index contributed by atoms with van der Waals surface area (Å²) < 4.78 is 0. The second kappa shape index (κ2) is 4.99. The van der Waals surface area contributed by atoms with E-state index < -0.39 is 0 Å². The van der Waals surface area contributed by atoms with Gasteiger partial charge in [-0.05, 0) is 0 Å². The Morgan fingerprint density at radius 3 is 1.80 bits per heavy atom. The van der Waals surface area contributed by atoms with Gasteiger partial charge in [-0.1, -0.05) is 6.92 Å². The van der Waals surface area contributed by atoms with Gasteiger partial charge in [0.05, 0.1) is 0 Å². The van der Waals surface area contributed by atoms with Crippen molar-refractivity contribution in [3.05, 3.63) is 5.73 Å². The van der Waals surface area contributed by atoms with E-state index in [1.54, 1.807) is 6.92 Å². The Morgan fingerprint density at radius 2 is 1.80 bits per heavy atom. The van der Waals surface area contributed by atoms with Gasteiger partial charge in [0.15, 0.2) is 0 Å². The molecular formula is C2H4NSY-. The molecule has 0 amide bonds. The van der Waals surface area contributed by atoms with Gasteiger partial charge in [0.2, 0.25) is 0 Å². The number of nitrogens with one attached hydrogen (secondary N) is 1. The van der Waals surface area contributed by atoms with Crippen molar-refractivity contribution in [2.45, 2.75) is 6.92 Å². The Balaban J connectivity index is 0. The second-order valence-electron chi connectivity index (χ2n) is 0.556. The summed E-state index contributed by atoms with van der Waals surface area (Å²) in [5.74, 6) is 0. The van der Waals surface area contributed by atoms with E-state index in [2.05, 4.69) is 12.2 Å². The van der Waals surface area contributed by atoms with Gasteiger partial charge in [0, 0.05) is 32.7 Å². The molecule has 0 rings (SSSR count). The Labute approximate surface area is 62.2 Å². The van der Waals surface area contributed by atoms with E-state index >= 15 is 0 Å². The molecule has 0 saturated heterocycles. The third kappa shape index (κ3) is 45.3. The summed E-state index contributed by atoms with van der Waals surface area (Å²) in [4.78, 5) is 0.250. The van der Waals surface area contributed by atoms with Gasteiger partial charge in [-0.2, -0.15) is 0 Å². The van der Waals surface area contributed by atoms with Crippen LogP contribution in [0.5, 0.6) is 0 Å². The Hall–Kier alpha value is 0.994. The van der Waals surface area contributed by atoms with Crippen LogP contribution in [0.2, 0.25) is 0 Å². The minimum atomic E-state index is 0. The fourth-order valence-electron chi connectivity index (χ4n) is 0. The molecule has 1 radical (unpaired) electrons. The molecule has 1 N–H and O–H groups in total. The van der Waals surface area contributed by atoms with Crippen LogP contribution in [0, 0.1) is 0 Å². The molecule has 5 heavy (non-hydrogen) atoms. The van der Waals surface area contributed by atoms with E-state index in [1.165, 1.54) is 0 Å². The van der Waals surface area contributed by atoms with Crippen molar-refractivity contribution in [1.82, 2.24) is 0 Å². The average Bonchev–Trinajstić information content (AvgIpc) is 0.811. The number of hydrogen-bond donors (Lipinski definition) is 0. The first-order chi connectivity index (χ1) is 1.73. The maximum Gasteiger partial charge on any atom is 0 e. The molecule has 0 saturated carbocycles. The zero-order valence-corrected chi connectivity index (χ0v) is 6.64. The van der Waals surface area contributed by atoms with E-state index in [4.69, 9.17) is 5.73 Å². The van der Waals surface area contributed by atoms with Crippen LogP contribution in [-0.4, -0.2) is 4.99 Å². The van der Waals surface area contributed by atoms with Crippen LogP contribution in [0.1, 0.15) is 6.92 Å². The molecule has 0 atom stereocenters. The molecule has 0 spiro atoms. The molecule has 0 bridgehead atoms. The molecule has 0 aliphatic heterocycles. The van der Waals surface area contributed by atoms with E-state index in [1.807, 2.05) is 0 Å². The smallest absolute Gasteiger partial charge is 0 e. The van der Waals surface area contributed by atoms with Crippen LogP contribution in [0.15, 0.2) is 0 Å². The third-order valence-electron chi connectivity index (χ3n) is 0. The topological polar surface area (TPSA) is 23.8 Å². The Kier molecular flexibility index (Phi) is 9.36. The summed E-state index contributed by atoms with van der Waals surface area (Å²) >= 11 is 4.20. The third-order valence-corrected chi connectivity index (χ3v) is 0. The first kappa shape index (κ1) is 9.37. The molecule has 0 aromatic carbocycles. The van der Waals surface area contributed by atoms with E-state index in [-0.39, 0.29) is 37.7 Å². The van der Waals surface area contributed by atoms with Crippen molar-refractivity contribution >= 4 is 17.2 Å². The molecular weight excluding hydrogens is 159 g/mol. The van der Waals surface area contributed by atoms with Crippen molar-refractivity contribution in [3.63, 3.8) is 0 Å². The Morgan fingerprint density at radius 1 is 1.80 bits per heavy atom. The van der Waals surface area contributed by atoms with Crippen molar-refractivity contribution < 1.29 is 32.7 Å². The summed E-state index contributed by atoms with van der Waals surface area (Å²) in [5, 5.41) is 0. The van der Waals surface area contributed by atoms with Gasteiger partial charge in [0.1, 0.15) is 0 Å². The maximum absolute atomic E-state index is 6.31. The van der Waals surface area contributed by atoms with Crippen molar-refractivity contribution in [2.75, 3.05) is 0 Å². The predicted molar refractivity (Wildman–Crippen MR) is 22.6 cm³/mol. The minimum Gasteiger partial charge on any atom is -0.693 e. The number of rotatable bonds is 0. The van der Waals surface area contributed by atoms with Crippen LogP contribution < -0.4 is 0 Å². The summed E-state index contributed by atoms with van der Waals surface area (Å²) in [6.45, 7) is 1.56. The fraction of sp³-hybridized carbons (Fsp3) is 0.500. The first-order valence-corrected chi connectivity index (χ1v) is 1.36. The van der Waals surface area contributed by atoms with Gasteiger partial charge in [-0.15, -0.1) is 17.2 Å². The van der Waals surface area contributed by atoms with E-state index in [9.17, 15) is 0 Å². The van der Waals surface area contributed by atoms with Crippen LogP contribution in [0.4, 0.5) is 0 Å². The summed E-state index contributed by atoms with van der Waals surface area (Å²) in [5.41, 5.74) is 6.31. The summed E-state index contributed by atoms with van der Waals surface area (Å²) in [6, 6.07) is 0. The molecule has 1 nitrogen and oxygen atoms in total. The van der Waals surface area contributed by atoms with Gasteiger partial charge < -0.3 is 5.73 Å².